The van der Waals surface area contributed by atoms with Crippen molar-refractivity contribution in [1.29, 1.82) is 5.26 Å². The monoisotopic (exact) mass is 416 g/mol. The molecule has 3 aromatic rings. The number of halogens is 1. The Morgan fingerprint density at radius 3 is 3.09 bits per heavy atom. The summed E-state index contributed by atoms with van der Waals surface area (Å²) in [5, 5.41) is 17.3. The largest absolute Gasteiger partial charge is 0.486 e. The second-order valence-corrected chi connectivity index (χ2v) is 6.64. The maximum absolute atomic E-state index is 8.99. The fourth-order valence-corrected chi connectivity index (χ4v) is 3.55. The van der Waals surface area contributed by atoms with Crippen LogP contribution in [0.1, 0.15) is 35.9 Å². The Morgan fingerprint density at radius 1 is 1.30 bits per heavy atom. The lowest BCUT2D eigenvalue weighted by Crippen LogP contribution is -2.17. The molecule has 1 N–H and O–H groups in total. The number of ether oxygens (including phenoxy) is 1. The normalized spacial score (nSPS) is 16.8. The fourth-order valence-electron chi connectivity index (χ4n) is 3.00. The van der Waals surface area contributed by atoms with E-state index >= 15 is 0 Å². The van der Waals surface area contributed by atoms with Gasteiger partial charge >= 0.3 is 0 Å². The molecule has 114 valence electrons. The van der Waals surface area contributed by atoms with Crippen LogP contribution in [0.25, 0.3) is 10.9 Å². The summed E-state index contributed by atoms with van der Waals surface area (Å²) in [6, 6.07) is 11.8. The van der Waals surface area contributed by atoms with Crippen LogP contribution in [0, 0.1) is 15.0 Å². The molecule has 0 unspecified atom stereocenters. The zero-order valence-corrected chi connectivity index (χ0v) is 14.4. The minimum Gasteiger partial charge on any atom is -0.486 e. The van der Waals surface area contributed by atoms with Gasteiger partial charge in [-0.25, -0.2) is 4.98 Å². The van der Waals surface area contributed by atoms with E-state index in [1.165, 1.54) is 0 Å². The van der Waals surface area contributed by atoms with E-state index in [0.717, 1.165) is 50.9 Å². The molecule has 1 aliphatic carbocycles. The molecular weight excluding hydrogens is 403 g/mol. The zero-order chi connectivity index (χ0) is 15.8. The molecule has 0 spiro atoms. The van der Waals surface area contributed by atoms with Crippen molar-refractivity contribution in [2.24, 2.45) is 0 Å². The molecule has 4 rings (SSSR count). The highest BCUT2D eigenvalue weighted by molar-refractivity contribution is 14.1. The highest BCUT2D eigenvalue weighted by Crippen LogP contribution is 2.34. The number of pyridine rings is 1. The molecule has 0 radical (unpaired) electrons. The number of benzene rings is 1. The van der Waals surface area contributed by atoms with Gasteiger partial charge in [-0.1, -0.05) is 6.07 Å². The summed E-state index contributed by atoms with van der Waals surface area (Å²) in [5.74, 6) is 0.832. The van der Waals surface area contributed by atoms with E-state index in [1.54, 1.807) is 6.07 Å². The van der Waals surface area contributed by atoms with Crippen LogP contribution in [0.4, 0.5) is 0 Å². The van der Waals surface area contributed by atoms with E-state index in [9.17, 15) is 0 Å². The second-order valence-electron chi connectivity index (χ2n) is 5.56. The predicted octanol–water partition coefficient (Wildman–Crippen LogP) is 3.89. The van der Waals surface area contributed by atoms with Crippen molar-refractivity contribution in [1.82, 2.24) is 15.2 Å². The molecule has 2 aromatic heterocycles. The van der Waals surface area contributed by atoms with Crippen LogP contribution >= 0.6 is 22.6 Å². The molecule has 6 heteroatoms. The lowest BCUT2D eigenvalue weighted by Gasteiger charge is -2.25. The van der Waals surface area contributed by atoms with Crippen LogP contribution < -0.4 is 4.74 Å². The third kappa shape index (κ3) is 2.65. The Hall–Kier alpha value is -2.14. The van der Waals surface area contributed by atoms with Crippen molar-refractivity contribution >= 4 is 33.5 Å². The Morgan fingerprint density at radius 2 is 2.22 bits per heavy atom. The Labute approximate surface area is 146 Å². The van der Waals surface area contributed by atoms with Crippen molar-refractivity contribution < 1.29 is 4.74 Å². The van der Waals surface area contributed by atoms with Crippen molar-refractivity contribution in [2.45, 2.75) is 25.4 Å². The van der Waals surface area contributed by atoms with E-state index in [4.69, 9.17) is 10.00 Å². The van der Waals surface area contributed by atoms with Gasteiger partial charge in [0.2, 0.25) is 0 Å². The first-order valence-corrected chi connectivity index (χ1v) is 8.52. The highest BCUT2D eigenvalue weighted by atomic mass is 127. The first-order valence-electron chi connectivity index (χ1n) is 7.45. The summed E-state index contributed by atoms with van der Waals surface area (Å²) in [5.41, 5.74) is 3.49. The summed E-state index contributed by atoms with van der Waals surface area (Å²) in [6.07, 6.45) is 2.87. The Balaban J connectivity index is 1.66. The van der Waals surface area contributed by atoms with Gasteiger partial charge in [0.25, 0.3) is 0 Å². The molecule has 0 fully saturated rings. The number of fused-ring (bicyclic) bond motifs is 2. The van der Waals surface area contributed by atoms with Gasteiger partial charge in [-0.15, -0.1) is 0 Å². The summed E-state index contributed by atoms with van der Waals surface area (Å²) in [4.78, 5) is 4.42. The average molecular weight is 416 g/mol. The summed E-state index contributed by atoms with van der Waals surface area (Å²) >= 11 is 2.23. The minimum atomic E-state index is -0.0130. The molecule has 0 saturated heterocycles. The fraction of sp³-hybridized carbons (Fsp3) is 0.235. The number of nitriles is 1. The van der Waals surface area contributed by atoms with E-state index in [1.807, 2.05) is 24.3 Å². The first-order chi connectivity index (χ1) is 11.2. The third-order valence-corrected chi connectivity index (χ3v) is 4.93. The summed E-state index contributed by atoms with van der Waals surface area (Å²) in [6.45, 7) is 0. The topological polar surface area (TPSA) is 74.6 Å². The lowest BCUT2D eigenvalue weighted by atomic mass is 9.93. The Bertz CT molecular complexity index is 928. The van der Waals surface area contributed by atoms with E-state index in [2.05, 4.69) is 43.8 Å². The molecule has 0 saturated carbocycles. The van der Waals surface area contributed by atoms with Gasteiger partial charge in [0.05, 0.1) is 5.52 Å². The molecule has 0 amide bonds. The minimum absolute atomic E-state index is 0.0130. The number of aromatic amines is 1. The molecule has 5 nitrogen and oxygen atoms in total. The van der Waals surface area contributed by atoms with Crippen LogP contribution in [-0.4, -0.2) is 15.2 Å². The lowest BCUT2D eigenvalue weighted by molar-refractivity contribution is 0.182. The van der Waals surface area contributed by atoms with Crippen LogP contribution in [-0.2, 0) is 6.42 Å². The number of H-pyrrole nitrogens is 1. The van der Waals surface area contributed by atoms with E-state index in [-0.39, 0.29) is 6.10 Å². The number of nitrogens with one attached hydrogen (secondary N) is 1. The predicted molar refractivity (Wildman–Crippen MR) is 94.1 cm³/mol. The number of aromatic nitrogens is 3. The zero-order valence-electron chi connectivity index (χ0n) is 12.2. The molecule has 0 bridgehead atoms. The van der Waals surface area contributed by atoms with Crippen molar-refractivity contribution in [3.05, 3.63) is 51.0 Å². The van der Waals surface area contributed by atoms with Gasteiger partial charge in [-0.05, 0) is 66.1 Å². The average Bonchev–Trinajstić information content (AvgIpc) is 2.95. The molecular formula is C17H13IN4O. The van der Waals surface area contributed by atoms with Gasteiger partial charge in [-0.3, -0.25) is 5.10 Å². The second kappa shape index (κ2) is 5.81. The van der Waals surface area contributed by atoms with Crippen LogP contribution in [0.15, 0.2) is 30.3 Å². The van der Waals surface area contributed by atoms with Gasteiger partial charge in [0.1, 0.15) is 27.3 Å². The van der Waals surface area contributed by atoms with Gasteiger partial charge in [0.15, 0.2) is 0 Å². The molecule has 1 aromatic carbocycles. The number of nitrogens with zero attached hydrogens (tertiary/aromatic N) is 3. The molecule has 1 aliphatic rings. The number of aryl methyl sites for hydroxylation is 1. The molecule has 2 heterocycles. The summed E-state index contributed by atoms with van der Waals surface area (Å²) in [7, 11) is 0. The molecule has 1 atom stereocenters. The molecule has 23 heavy (non-hydrogen) atoms. The maximum Gasteiger partial charge on any atom is 0.140 e. The SMILES string of the molecule is N#Cc1ccc2c(n1)CCC[C@@H]2Oc1ccc2n[nH]c(I)c2c1. The van der Waals surface area contributed by atoms with E-state index in [0.29, 0.717) is 5.69 Å². The summed E-state index contributed by atoms with van der Waals surface area (Å²) < 4.78 is 7.23. The standard InChI is InChI=1S/C17H13IN4O/c18-17-13-8-11(5-7-15(13)21-22-17)23-16-3-1-2-14-12(16)6-4-10(9-19)20-14/h4-8,16H,1-3H2,(H,21,22)/t16-/m0/s1. The Kier molecular flexibility index (Phi) is 3.65. The highest BCUT2D eigenvalue weighted by Gasteiger charge is 2.23. The van der Waals surface area contributed by atoms with Crippen LogP contribution in [0.2, 0.25) is 0 Å². The molecule has 0 aliphatic heterocycles. The van der Waals surface area contributed by atoms with Gasteiger partial charge < -0.3 is 4.74 Å². The van der Waals surface area contributed by atoms with Crippen molar-refractivity contribution in [2.75, 3.05) is 0 Å². The van der Waals surface area contributed by atoms with E-state index < -0.39 is 0 Å². The van der Waals surface area contributed by atoms with Gasteiger partial charge in [0, 0.05) is 16.6 Å². The van der Waals surface area contributed by atoms with Crippen LogP contribution in [0.3, 0.4) is 0 Å². The van der Waals surface area contributed by atoms with Crippen molar-refractivity contribution in [3.8, 4) is 11.8 Å². The number of rotatable bonds is 2. The quantitative estimate of drug-likeness (QED) is 0.644. The first kappa shape index (κ1) is 14.5. The smallest absolute Gasteiger partial charge is 0.140 e. The number of hydrogen-bond acceptors (Lipinski definition) is 4. The third-order valence-electron chi connectivity index (χ3n) is 4.11. The van der Waals surface area contributed by atoms with Crippen LogP contribution in [0.5, 0.6) is 5.75 Å². The van der Waals surface area contributed by atoms with Crippen molar-refractivity contribution in [3.63, 3.8) is 0 Å². The maximum atomic E-state index is 8.99. The van der Waals surface area contributed by atoms with Gasteiger partial charge in [-0.2, -0.15) is 10.4 Å². The number of hydrogen-bond donors (Lipinski definition) is 1.